The quantitative estimate of drug-likeness (QED) is 0.808. The number of aromatic nitrogens is 1. The minimum Gasteiger partial charge on any atom is -0.357 e. The van der Waals surface area contributed by atoms with E-state index in [1.165, 1.54) is 0 Å². The van der Waals surface area contributed by atoms with E-state index < -0.39 is 0 Å². The van der Waals surface area contributed by atoms with E-state index in [9.17, 15) is 9.59 Å². The van der Waals surface area contributed by atoms with Crippen molar-refractivity contribution in [3.8, 4) is 0 Å². The molecule has 6 nitrogen and oxygen atoms in total. The second-order valence-electron chi connectivity index (χ2n) is 6.00. The first-order valence-corrected chi connectivity index (χ1v) is 7.89. The predicted octanol–water partition coefficient (Wildman–Crippen LogP) is 0.790. The molecule has 0 spiro atoms. The van der Waals surface area contributed by atoms with Crippen LogP contribution in [0.4, 0.5) is 5.82 Å². The van der Waals surface area contributed by atoms with E-state index in [1.54, 1.807) is 6.20 Å². The van der Waals surface area contributed by atoms with E-state index in [4.69, 9.17) is 0 Å². The average molecular weight is 302 g/mol. The maximum Gasteiger partial charge on any atom is 0.234 e. The molecule has 2 amide bonds. The van der Waals surface area contributed by atoms with Crippen molar-refractivity contribution >= 4 is 17.6 Å². The summed E-state index contributed by atoms with van der Waals surface area (Å²) in [5, 5.41) is 5.71. The molecule has 2 fully saturated rings. The van der Waals surface area contributed by atoms with E-state index in [1.807, 2.05) is 19.2 Å². The summed E-state index contributed by atoms with van der Waals surface area (Å²) in [6, 6.07) is 4.55. The second kappa shape index (κ2) is 6.44. The molecule has 2 aliphatic heterocycles. The number of piperidine rings is 2. The Morgan fingerprint density at radius 1 is 1.23 bits per heavy atom. The van der Waals surface area contributed by atoms with E-state index in [2.05, 4.69) is 20.5 Å². The number of nitrogens with zero attached hydrogens (tertiary/aromatic N) is 2. The minimum atomic E-state index is -0.255. The molecule has 1 aromatic heterocycles. The SMILES string of the molecule is CNC1CCN(c2ccc(C3CCC(=O)NC3=O)cn2)CC1. The van der Waals surface area contributed by atoms with Crippen molar-refractivity contribution in [3.05, 3.63) is 23.9 Å². The lowest BCUT2D eigenvalue weighted by Crippen LogP contribution is -2.41. The standard InChI is InChI=1S/C16H22N4O2/c1-17-12-6-8-20(9-7-12)14-4-2-11(10-18-14)13-3-5-15(21)19-16(13)22/h2,4,10,12-13,17H,3,5-9H2,1H3,(H,19,21,22). The second-order valence-corrected chi connectivity index (χ2v) is 6.00. The molecule has 118 valence electrons. The van der Waals surface area contributed by atoms with Gasteiger partial charge in [-0.3, -0.25) is 14.9 Å². The summed E-state index contributed by atoms with van der Waals surface area (Å²) in [6.45, 7) is 1.99. The van der Waals surface area contributed by atoms with Crippen molar-refractivity contribution in [1.29, 1.82) is 0 Å². The van der Waals surface area contributed by atoms with Gasteiger partial charge < -0.3 is 10.2 Å². The Hall–Kier alpha value is -1.95. The number of hydrogen-bond acceptors (Lipinski definition) is 5. The Morgan fingerprint density at radius 3 is 2.59 bits per heavy atom. The molecule has 0 saturated carbocycles. The number of imide groups is 1. The monoisotopic (exact) mass is 302 g/mol. The number of amides is 2. The zero-order valence-corrected chi connectivity index (χ0v) is 12.8. The van der Waals surface area contributed by atoms with E-state index in [0.29, 0.717) is 18.9 Å². The highest BCUT2D eigenvalue weighted by atomic mass is 16.2. The van der Waals surface area contributed by atoms with Crippen LogP contribution in [-0.2, 0) is 9.59 Å². The number of carbonyl (C=O) groups excluding carboxylic acids is 2. The van der Waals surface area contributed by atoms with Gasteiger partial charge in [-0.2, -0.15) is 0 Å². The van der Waals surface area contributed by atoms with Crippen LogP contribution in [0.3, 0.4) is 0 Å². The van der Waals surface area contributed by atoms with Crippen LogP contribution in [0.1, 0.15) is 37.2 Å². The molecule has 1 atom stereocenters. The van der Waals surface area contributed by atoms with Gasteiger partial charge in [0, 0.05) is 31.7 Å². The number of carbonyl (C=O) groups is 2. The van der Waals surface area contributed by atoms with E-state index in [0.717, 1.165) is 37.3 Å². The van der Waals surface area contributed by atoms with E-state index >= 15 is 0 Å². The first-order chi connectivity index (χ1) is 10.7. The molecular weight excluding hydrogens is 280 g/mol. The van der Waals surface area contributed by atoms with E-state index in [-0.39, 0.29) is 17.7 Å². The number of hydrogen-bond donors (Lipinski definition) is 2. The third-order valence-corrected chi connectivity index (χ3v) is 4.64. The fourth-order valence-corrected chi connectivity index (χ4v) is 3.20. The number of nitrogens with one attached hydrogen (secondary N) is 2. The van der Waals surface area contributed by atoms with Crippen LogP contribution in [0.15, 0.2) is 18.3 Å². The summed E-state index contributed by atoms with van der Waals surface area (Å²) in [5.74, 6) is 0.318. The zero-order valence-electron chi connectivity index (χ0n) is 12.8. The third-order valence-electron chi connectivity index (χ3n) is 4.64. The van der Waals surface area contributed by atoms with Crippen molar-refractivity contribution in [3.63, 3.8) is 0 Å². The minimum absolute atomic E-state index is 0.182. The van der Waals surface area contributed by atoms with Gasteiger partial charge in [0.05, 0.1) is 5.92 Å². The smallest absolute Gasteiger partial charge is 0.234 e. The van der Waals surface area contributed by atoms with Crippen molar-refractivity contribution in [1.82, 2.24) is 15.6 Å². The van der Waals surface area contributed by atoms with Crippen LogP contribution >= 0.6 is 0 Å². The molecule has 6 heteroatoms. The highest BCUT2D eigenvalue weighted by molar-refractivity contribution is 6.00. The fourth-order valence-electron chi connectivity index (χ4n) is 3.20. The summed E-state index contributed by atoms with van der Waals surface area (Å²) in [5.41, 5.74) is 0.888. The average Bonchev–Trinajstić information content (AvgIpc) is 2.55. The fraction of sp³-hybridized carbons (Fsp3) is 0.562. The first-order valence-electron chi connectivity index (χ1n) is 7.89. The normalized spacial score (nSPS) is 23.5. The molecular formula is C16H22N4O2. The summed E-state index contributed by atoms with van der Waals surface area (Å²) in [4.78, 5) is 29.9. The van der Waals surface area contributed by atoms with Gasteiger partial charge >= 0.3 is 0 Å². The Kier molecular flexibility index (Phi) is 4.38. The van der Waals surface area contributed by atoms with Crippen molar-refractivity contribution < 1.29 is 9.59 Å². The Labute approximate surface area is 130 Å². The Morgan fingerprint density at radius 2 is 2.00 bits per heavy atom. The van der Waals surface area contributed by atoms with Gasteiger partial charge in [0.1, 0.15) is 5.82 Å². The molecule has 1 aromatic rings. The number of rotatable bonds is 3. The summed E-state index contributed by atoms with van der Waals surface area (Å²) in [6.07, 6.45) is 4.98. The summed E-state index contributed by atoms with van der Waals surface area (Å²) in [7, 11) is 2.01. The van der Waals surface area contributed by atoms with Crippen LogP contribution in [0.2, 0.25) is 0 Å². The van der Waals surface area contributed by atoms with Crippen LogP contribution in [0.25, 0.3) is 0 Å². The van der Waals surface area contributed by atoms with Crippen LogP contribution in [-0.4, -0.2) is 43.0 Å². The lowest BCUT2D eigenvalue weighted by Gasteiger charge is -2.32. The van der Waals surface area contributed by atoms with Gasteiger partial charge in [-0.1, -0.05) is 6.07 Å². The predicted molar refractivity (Wildman–Crippen MR) is 83.7 cm³/mol. The molecule has 0 radical (unpaired) electrons. The van der Waals surface area contributed by atoms with Crippen LogP contribution < -0.4 is 15.5 Å². The zero-order chi connectivity index (χ0) is 15.5. The van der Waals surface area contributed by atoms with Gasteiger partial charge in [-0.25, -0.2) is 4.98 Å². The Balaban J connectivity index is 1.65. The van der Waals surface area contributed by atoms with Crippen LogP contribution in [0.5, 0.6) is 0 Å². The van der Waals surface area contributed by atoms with Gasteiger partial charge in [0.2, 0.25) is 11.8 Å². The van der Waals surface area contributed by atoms with Gasteiger partial charge in [-0.15, -0.1) is 0 Å². The van der Waals surface area contributed by atoms with Crippen molar-refractivity contribution in [2.24, 2.45) is 0 Å². The summed E-state index contributed by atoms with van der Waals surface area (Å²) < 4.78 is 0. The van der Waals surface area contributed by atoms with Crippen molar-refractivity contribution in [2.75, 3.05) is 25.0 Å². The molecule has 2 saturated heterocycles. The molecule has 2 N–H and O–H groups in total. The molecule has 3 rings (SSSR count). The number of anilines is 1. The topological polar surface area (TPSA) is 74.3 Å². The molecule has 1 unspecified atom stereocenters. The first kappa shape index (κ1) is 15.0. The maximum absolute atomic E-state index is 11.9. The molecule has 22 heavy (non-hydrogen) atoms. The molecule has 0 bridgehead atoms. The molecule has 0 aromatic carbocycles. The molecule has 0 aliphatic carbocycles. The number of pyridine rings is 1. The maximum atomic E-state index is 11.9. The largest absolute Gasteiger partial charge is 0.357 e. The Bertz CT molecular complexity index is 550. The van der Waals surface area contributed by atoms with Gasteiger partial charge in [0.25, 0.3) is 0 Å². The lowest BCUT2D eigenvalue weighted by molar-refractivity contribution is -0.134. The highest BCUT2D eigenvalue weighted by Gasteiger charge is 2.28. The van der Waals surface area contributed by atoms with Crippen molar-refractivity contribution in [2.45, 2.75) is 37.6 Å². The third kappa shape index (κ3) is 3.11. The van der Waals surface area contributed by atoms with Crippen LogP contribution in [0, 0.1) is 0 Å². The van der Waals surface area contributed by atoms with Gasteiger partial charge in [0.15, 0.2) is 0 Å². The molecule has 2 aliphatic rings. The summed E-state index contributed by atoms with van der Waals surface area (Å²) >= 11 is 0. The van der Waals surface area contributed by atoms with Gasteiger partial charge in [-0.05, 0) is 37.9 Å². The molecule has 3 heterocycles. The highest BCUT2D eigenvalue weighted by Crippen LogP contribution is 2.26. The lowest BCUT2D eigenvalue weighted by atomic mass is 9.92.